The molecule has 1 unspecified atom stereocenters. The second-order valence-corrected chi connectivity index (χ2v) is 20.9. The van der Waals surface area contributed by atoms with Crippen LogP contribution in [-0.2, 0) is 0 Å². The molecule has 12 aromatic carbocycles. The summed E-state index contributed by atoms with van der Waals surface area (Å²) in [5, 5.41) is 15.5. The van der Waals surface area contributed by atoms with Crippen LogP contribution in [0, 0.1) is 0 Å². The summed E-state index contributed by atoms with van der Waals surface area (Å²) in [4.78, 5) is 11.2. The van der Waals surface area contributed by atoms with E-state index < -0.39 is 6.17 Å². The number of rotatable bonds is 7. The molecule has 1 aliphatic rings. The van der Waals surface area contributed by atoms with Crippen molar-refractivity contribution in [3.05, 3.63) is 284 Å². The first-order chi connectivity index (χ1) is 39.7. The lowest BCUT2D eigenvalue weighted by molar-refractivity contribution is 0.669. The summed E-state index contributed by atoms with van der Waals surface area (Å²) in [6.45, 7) is 0. The third kappa shape index (κ3) is 6.74. The van der Waals surface area contributed by atoms with E-state index in [2.05, 4.69) is 280 Å². The van der Waals surface area contributed by atoms with Gasteiger partial charge in [-0.25, -0.2) is 9.98 Å². The van der Waals surface area contributed by atoms with Crippen LogP contribution in [0.3, 0.4) is 0 Å². The van der Waals surface area contributed by atoms with Crippen LogP contribution >= 0.6 is 0 Å². The van der Waals surface area contributed by atoms with Crippen LogP contribution in [0.25, 0.3) is 126 Å². The molecule has 374 valence electrons. The monoisotopic (exact) mass is 1020 g/mol. The molecule has 4 aromatic heterocycles. The summed E-state index contributed by atoms with van der Waals surface area (Å²) in [7, 11) is 0. The van der Waals surface area contributed by atoms with Crippen LogP contribution < -0.4 is 5.32 Å². The zero-order valence-corrected chi connectivity index (χ0v) is 43.1. The van der Waals surface area contributed by atoms with Crippen molar-refractivity contribution < 1.29 is 4.42 Å². The number of aliphatic imine (C=N–C) groups is 2. The maximum atomic E-state index is 6.89. The highest BCUT2D eigenvalue weighted by molar-refractivity contribution is 6.19. The summed E-state index contributed by atoms with van der Waals surface area (Å²) >= 11 is 0. The maximum absolute atomic E-state index is 6.89. The van der Waals surface area contributed by atoms with Crippen molar-refractivity contribution in [2.75, 3.05) is 0 Å². The molecule has 1 atom stereocenters. The van der Waals surface area contributed by atoms with Crippen molar-refractivity contribution in [2.45, 2.75) is 6.17 Å². The van der Waals surface area contributed by atoms with Gasteiger partial charge in [0.15, 0.2) is 5.84 Å². The Kier molecular flexibility index (Phi) is 9.64. The number of nitrogens with zero attached hydrogens (tertiary/aromatic N) is 5. The molecule has 0 amide bonds. The Balaban J connectivity index is 0.899. The molecule has 7 heteroatoms. The molecule has 0 fully saturated rings. The molecule has 0 saturated heterocycles. The smallest absolute Gasteiger partial charge is 0.159 e. The molecule has 0 saturated carbocycles. The van der Waals surface area contributed by atoms with Gasteiger partial charge in [-0.05, 0) is 126 Å². The molecule has 5 heterocycles. The first-order valence-corrected chi connectivity index (χ1v) is 27.2. The standard InChI is InChI=1S/C73H46N6O/c1-3-20-50(21-4-1)77-62-30-13-9-24-52(62)58-41-47(34-37-65(58)77)71-74-72(48-35-38-66-59(42-48)53-25-10-14-31-63(53)78(66)51-22-5-2-6-23-51)76-73(75-71)49-36-39-67(61(43-49)57-29-17-28-56-55-27-12-16-33-69(55)80-70(56)57)79-64-32-15-11-26-54(64)60-40-45-18-7-8-19-46(45)44-68(60)79/h1-44,73H,(H,74,75,76). The molecule has 7 nitrogen and oxygen atoms in total. The van der Waals surface area contributed by atoms with E-state index in [4.69, 9.17) is 14.4 Å². The quantitative estimate of drug-likeness (QED) is 0.173. The minimum absolute atomic E-state index is 0.537. The molecule has 1 aliphatic heterocycles. The Labute approximate surface area is 458 Å². The number of nitrogens with one attached hydrogen (secondary N) is 1. The van der Waals surface area contributed by atoms with Crippen molar-refractivity contribution >= 4 is 110 Å². The Morgan fingerprint density at radius 2 is 0.875 bits per heavy atom. The number of furan rings is 1. The van der Waals surface area contributed by atoms with Crippen LogP contribution in [0.4, 0.5) is 0 Å². The predicted octanol–water partition coefficient (Wildman–Crippen LogP) is 18.2. The lowest BCUT2D eigenvalue weighted by atomic mass is 9.97. The van der Waals surface area contributed by atoms with E-state index in [-0.39, 0.29) is 0 Å². The minimum atomic E-state index is -0.537. The summed E-state index contributed by atoms with van der Waals surface area (Å²) < 4.78 is 14.0. The van der Waals surface area contributed by atoms with Gasteiger partial charge in [-0.2, -0.15) is 0 Å². The zero-order valence-electron chi connectivity index (χ0n) is 43.1. The van der Waals surface area contributed by atoms with E-state index in [1.807, 2.05) is 6.07 Å². The van der Waals surface area contributed by atoms with E-state index in [0.29, 0.717) is 5.84 Å². The van der Waals surface area contributed by atoms with Crippen LogP contribution in [-0.4, -0.2) is 25.4 Å². The molecule has 0 bridgehead atoms. The minimum Gasteiger partial charge on any atom is -0.455 e. The summed E-state index contributed by atoms with van der Waals surface area (Å²) in [6.07, 6.45) is -0.537. The fourth-order valence-electron chi connectivity index (χ4n) is 12.8. The molecule has 0 aliphatic carbocycles. The second kappa shape index (κ2) is 17.4. The van der Waals surface area contributed by atoms with Gasteiger partial charge in [-0.3, -0.25) is 0 Å². The van der Waals surface area contributed by atoms with Crippen molar-refractivity contribution in [3.8, 4) is 28.2 Å². The van der Waals surface area contributed by atoms with Crippen molar-refractivity contribution in [1.29, 1.82) is 0 Å². The number of amidine groups is 2. The first-order valence-electron chi connectivity index (χ1n) is 27.2. The number of para-hydroxylation sites is 7. The molecule has 0 radical (unpaired) electrons. The van der Waals surface area contributed by atoms with Crippen molar-refractivity contribution in [1.82, 2.24) is 19.0 Å². The predicted molar refractivity (Wildman–Crippen MR) is 332 cm³/mol. The number of hydrogen-bond donors (Lipinski definition) is 1. The number of fused-ring (bicyclic) bond motifs is 13. The number of hydrogen-bond acceptors (Lipinski definition) is 4. The average molecular weight is 1020 g/mol. The van der Waals surface area contributed by atoms with Crippen molar-refractivity contribution in [3.63, 3.8) is 0 Å². The van der Waals surface area contributed by atoms with E-state index >= 15 is 0 Å². The highest BCUT2D eigenvalue weighted by Crippen LogP contribution is 2.44. The average Bonchev–Trinajstić information content (AvgIpc) is 4.32. The third-order valence-electron chi connectivity index (χ3n) is 16.5. The van der Waals surface area contributed by atoms with Crippen LogP contribution in [0.5, 0.6) is 0 Å². The summed E-state index contributed by atoms with van der Waals surface area (Å²) in [5.41, 5.74) is 16.7. The maximum Gasteiger partial charge on any atom is 0.159 e. The van der Waals surface area contributed by atoms with Gasteiger partial charge in [0.2, 0.25) is 0 Å². The number of aromatic nitrogens is 3. The van der Waals surface area contributed by atoms with Gasteiger partial charge < -0.3 is 23.4 Å². The molecule has 1 N–H and O–H groups in total. The Morgan fingerprint density at radius 3 is 1.55 bits per heavy atom. The van der Waals surface area contributed by atoms with E-state index in [0.717, 1.165) is 117 Å². The lowest BCUT2D eigenvalue weighted by Crippen LogP contribution is -2.33. The zero-order chi connectivity index (χ0) is 52.4. The van der Waals surface area contributed by atoms with Gasteiger partial charge >= 0.3 is 0 Å². The molecule has 16 aromatic rings. The summed E-state index contributed by atoms with van der Waals surface area (Å²) in [6, 6.07) is 95.8. The fourth-order valence-corrected chi connectivity index (χ4v) is 12.8. The van der Waals surface area contributed by atoms with E-state index in [1.54, 1.807) is 0 Å². The molecular weight excluding hydrogens is 977 g/mol. The van der Waals surface area contributed by atoms with Gasteiger partial charge in [-0.1, -0.05) is 158 Å². The van der Waals surface area contributed by atoms with Crippen molar-refractivity contribution in [2.24, 2.45) is 9.98 Å². The Bertz CT molecular complexity index is 5290. The molecule has 80 heavy (non-hydrogen) atoms. The highest BCUT2D eigenvalue weighted by Gasteiger charge is 2.27. The molecular formula is C73H46N6O. The van der Waals surface area contributed by atoms with Gasteiger partial charge in [0, 0.05) is 76.7 Å². The summed E-state index contributed by atoms with van der Waals surface area (Å²) in [5.74, 6) is 1.39. The van der Waals surface area contributed by atoms with Crippen LogP contribution in [0.2, 0.25) is 0 Å². The normalized spacial score (nSPS) is 13.9. The number of benzene rings is 12. The Morgan fingerprint density at radius 1 is 0.350 bits per heavy atom. The van der Waals surface area contributed by atoms with Gasteiger partial charge in [0.1, 0.15) is 23.2 Å². The van der Waals surface area contributed by atoms with Crippen LogP contribution in [0.1, 0.15) is 22.9 Å². The van der Waals surface area contributed by atoms with E-state index in [9.17, 15) is 0 Å². The first kappa shape index (κ1) is 44.4. The molecule has 0 spiro atoms. The van der Waals surface area contributed by atoms with Crippen LogP contribution in [0.15, 0.2) is 281 Å². The van der Waals surface area contributed by atoms with Gasteiger partial charge in [0.25, 0.3) is 0 Å². The van der Waals surface area contributed by atoms with Gasteiger partial charge in [0.05, 0.1) is 38.8 Å². The lowest BCUT2D eigenvalue weighted by Gasteiger charge is -2.25. The topological polar surface area (TPSA) is 64.7 Å². The molecule has 17 rings (SSSR count). The SMILES string of the molecule is c1ccc(-n2c3ccccc3c3cc(C4=NC(c5ccc(-n6c7ccccc7c7cc8ccccc8cc76)c(-c6cccc7c6oc6ccccc67)c5)NC(c5ccc6c(c5)c5ccccc5n6-c5ccccc5)=N4)ccc32)cc1. The Hall–Kier alpha value is -10.8. The third-order valence-corrected chi connectivity index (χ3v) is 16.5. The fraction of sp³-hybridized carbons (Fsp3) is 0.0137. The van der Waals surface area contributed by atoms with Gasteiger partial charge in [-0.15, -0.1) is 0 Å². The van der Waals surface area contributed by atoms with E-state index in [1.165, 1.54) is 32.3 Å². The largest absolute Gasteiger partial charge is 0.455 e. The second-order valence-electron chi connectivity index (χ2n) is 20.9. The highest BCUT2D eigenvalue weighted by atomic mass is 16.3.